The number of rotatable bonds is 2. The second-order valence-corrected chi connectivity index (χ2v) is 3.42. The summed E-state index contributed by atoms with van der Waals surface area (Å²) in [5, 5.41) is 0. The van der Waals surface area contributed by atoms with Crippen LogP contribution < -0.4 is 0 Å². The molecule has 0 radical (unpaired) electrons. The molecule has 1 saturated heterocycles. The monoisotopic (exact) mass is 193 g/mol. The lowest BCUT2D eigenvalue weighted by Gasteiger charge is -2.13. The molecule has 0 aromatic carbocycles. The fourth-order valence-electron chi connectivity index (χ4n) is 1.50. The number of likely N-dealkylation sites (tertiary alicyclic amines) is 1. The molecule has 0 spiro atoms. The number of amides is 1. The maximum atomic E-state index is 11.3. The molecule has 0 aliphatic carbocycles. The minimum atomic E-state index is -0.0991. The van der Waals surface area contributed by atoms with E-state index in [-0.39, 0.29) is 24.7 Å². The lowest BCUT2D eigenvalue weighted by molar-refractivity contribution is -0.128. The van der Waals surface area contributed by atoms with E-state index in [1.165, 1.54) is 4.90 Å². The number of ketones is 1. The van der Waals surface area contributed by atoms with E-state index in [1.807, 2.05) is 17.8 Å². The van der Waals surface area contributed by atoms with Crippen LogP contribution in [-0.2, 0) is 23.2 Å². The molecule has 74 valence electrons. The largest absolute Gasteiger partial charge is 0.337 e. The molecule has 0 atom stereocenters. The second kappa shape index (κ2) is 3.25. The van der Waals surface area contributed by atoms with Crippen molar-refractivity contribution in [3.05, 3.63) is 18.2 Å². The van der Waals surface area contributed by atoms with Crippen LogP contribution in [0, 0.1) is 0 Å². The third-order valence-electron chi connectivity index (χ3n) is 2.32. The molecule has 1 fully saturated rings. The van der Waals surface area contributed by atoms with Gasteiger partial charge in [-0.15, -0.1) is 0 Å². The Bertz CT molecular complexity index is 383. The summed E-state index contributed by atoms with van der Waals surface area (Å²) in [4.78, 5) is 27.9. The van der Waals surface area contributed by atoms with Gasteiger partial charge in [-0.3, -0.25) is 9.59 Å². The smallest absolute Gasteiger partial charge is 0.230 e. The van der Waals surface area contributed by atoms with Crippen molar-refractivity contribution >= 4 is 11.7 Å². The standard InChI is InChI=1S/C9H11N3O2/c1-11-3-2-10-8(11)6-12-5-7(13)4-9(12)14/h2-3H,4-6H2,1H3. The van der Waals surface area contributed by atoms with Crippen molar-refractivity contribution in [1.82, 2.24) is 14.5 Å². The van der Waals surface area contributed by atoms with E-state index in [9.17, 15) is 9.59 Å². The molecule has 1 aromatic rings. The summed E-state index contributed by atoms with van der Waals surface area (Å²) in [6.45, 7) is 0.653. The van der Waals surface area contributed by atoms with Crippen LogP contribution >= 0.6 is 0 Å². The highest BCUT2D eigenvalue weighted by atomic mass is 16.2. The van der Waals surface area contributed by atoms with Crippen LogP contribution in [0.5, 0.6) is 0 Å². The van der Waals surface area contributed by atoms with Gasteiger partial charge in [-0.05, 0) is 0 Å². The van der Waals surface area contributed by atoms with Gasteiger partial charge >= 0.3 is 0 Å². The number of carbonyl (C=O) groups is 2. The topological polar surface area (TPSA) is 55.2 Å². The zero-order chi connectivity index (χ0) is 10.1. The highest BCUT2D eigenvalue weighted by Gasteiger charge is 2.27. The fourth-order valence-corrected chi connectivity index (χ4v) is 1.50. The van der Waals surface area contributed by atoms with Gasteiger partial charge in [-0.2, -0.15) is 0 Å². The van der Waals surface area contributed by atoms with Crippen LogP contribution in [0.15, 0.2) is 12.4 Å². The van der Waals surface area contributed by atoms with E-state index in [0.717, 1.165) is 5.82 Å². The molecule has 1 aromatic heterocycles. The van der Waals surface area contributed by atoms with Crippen molar-refractivity contribution in [2.24, 2.45) is 7.05 Å². The number of hydrogen-bond donors (Lipinski definition) is 0. The molecule has 0 saturated carbocycles. The van der Waals surface area contributed by atoms with E-state index in [2.05, 4.69) is 4.98 Å². The van der Waals surface area contributed by atoms with Gasteiger partial charge in [0, 0.05) is 19.4 Å². The van der Waals surface area contributed by atoms with Crippen LogP contribution in [0.1, 0.15) is 12.2 Å². The predicted octanol–water partition coefficient (Wildman–Crippen LogP) is -0.279. The quantitative estimate of drug-likeness (QED) is 0.607. The molecule has 0 N–H and O–H groups in total. The Morgan fingerprint density at radius 1 is 1.50 bits per heavy atom. The maximum absolute atomic E-state index is 11.3. The van der Waals surface area contributed by atoms with Crippen LogP contribution in [0.2, 0.25) is 0 Å². The number of carbonyl (C=O) groups excluding carboxylic acids is 2. The molecule has 14 heavy (non-hydrogen) atoms. The van der Waals surface area contributed by atoms with Gasteiger partial charge in [0.1, 0.15) is 5.82 Å². The van der Waals surface area contributed by atoms with Crippen molar-refractivity contribution in [2.75, 3.05) is 6.54 Å². The number of nitrogens with zero attached hydrogens (tertiary/aromatic N) is 3. The number of hydrogen-bond acceptors (Lipinski definition) is 3. The fraction of sp³-hybridized carbons (Fsp3) is 0.444. The average Bonchev–Trinajstić information content (AvgIpc) is 2.62. The number of Topliss-reactive ketones (excluding diaryl/α,β-unsaturated/α-hetero) is 1. The summed E-state index contributed by atoms with van der Waals surface area (Å²) >= 11 is 0. The lowest BCUT2D eigenvalue weighted by atomic mass is 10.3. The maximum Gasteiger partial charge on any atom is 0.230 e. The van der Waals surface area contributed by atoms with E-state index < -0.39 is 0 Å². The van der Waals surface area contributed by atoms with Gasteiger partial charge in [-0.1, -0.05) is 0 Å². The molecule has 5 heteroatoms. The second-order valence-electron chi connectivity index (χ2n) is 3.42. The van der Waals surface area contributed by atoms with E-state index in [0.29, 0.717) is 6.54 Å². The summed E-state index contributed by atoms with van der Waals surface area (Å²) in [7, 11) is 1.87. The van der Waals surface area contributed by atoms with Crippen molar-refractivity contribution in [3.63, 3.8) is 0 Å². The normalized spacial score (nSPS) is 16.8. The van der Waals surface area contributed by atoms with Crippen LogP contribution in [0.4, 0.5) is 0 Å². The van der Waals surface area contributed by atoms with Crippen LogP contribution in [-0.4, -0.2) is 32.7 Å². The Morgan fingerprint density at radius 3 is 2.79 bits per heavy atom. The minimum absolute atomic E-state index is 0.00999. The number of aryl methyl sites for hydroxylation is 1. The zero-order valence-corrected chi connectivity index (χ0v) is 7.93. The molecular formula is C9H11N3O2. The first-order valence-corrected chi connectivity index (χ1v) is 4.42. The molecule has 1 aliphatic rings. The van der Waals surface area contributed by atoms with E-state index >= 15 is 0 Å². The molecule has 2 heterocycles. The lowest BCUT2D eigenvalue weighted by Crippen LogP contribution is -2.26. The molecular weight excluding hydrogens is 182 g/mol. The third kappa shape index (κ3) is 1.53. The third-order valence-corrected chi connectivity index (χ3v) is 2.32. The van der Waals surface area contributed by atoms with Gasteiger partial charge in [0.25, 0.3) is 0 Å². The Morgan fingerprint density at radius 2 is 2.29 bits per heavy atom. The van der Waals surface area contributed by atoms with Gasteiger partial charge in [0.2, 0.25) is 5.91 Å². The van der Waals surface area contributed by atoms with Crippen LogP contribution in [0.25, 0.3) is 0 Å². The van der Waals surface area contributed by atoms with Crippen molar-refractivity contribution in [2.45, 2.75) is 13.0 Å². The first kappa shape index (κ1) is 8.93. The Hall–Kier alpha value is -1.65. The highest BCUT2D eigenvalue weighted by Crippen LogP contribution is 2.10. The van der Waals surface area contributed by atoms with E-state index in [1.54, 1.807) is 6.20 Å². The molecule has 5 nitrogen and oxygen atoms in total. The molecule has 0 unspecified atom stereocenters. The molecule has 0 bridgehead atoms. The summed E-state index contributed by atoms with van der Waals surface area (Å²) < 4.78 is 1.84. The number of aromatic nitrogens is 2. The summed E-state index contributed by atoms with van der Waals surface area (Å²) in [6, 6.07) is 0. The Labute approximate surface area is 81.3 Å². The summed E-state index contributed by atoms with van der Waals surface area (Å²) in [5.74, 6) is 0.690. The van der Waals surface area contributed by atoms with Crippen molar-refractivity contribution in [3.8, 4) is 0 Å². The Kier molecular flexibility index (Phi) is 2.07. The van der Waals surface area contributed by atoms with Gasteiger partial charge in [0.05, 0.1) is 19.5 Å². The first-order valence-electron chi connectivity index (χ1n) is 4.42. The van der Waals surface area contributed by atoms with Crippen LogP contribution in [0.3, 0.4) is 0 Å². The van der Waals surface area contributed by atoms with Crippen molar-refractivity contribution < 1.29 is 9.59 Å². The number of imidazole rings is 1. The van der Waals surface area contributed by atoms with E-state index in [4.69, 9.17) is 0 Å². The SMILES string of the molecule is Cn1ccnc1CN1CC(=O)CC1=O. The highest BCUT2D eigenvalue weighted by molar-refractivity contribution is 6.05. The minimum Gasteiger partial charge on any atom is -0.337 e. The van der Waals surface area contributed by atoms with Crippen molar-refractivity contribution in [1.29, 1.82) is 0 Å². The summed E-state index contributed by atoms with van der Waals surface area (Å²) in [5.41, 5.74) is 0. The predicted molar refractivity (Wildman–Crippen MR) is 48.2 cm³/mol. The summed E-state index contributed by atoms with van der Waals surface area (Å²) in [6.07, 6.45) is 3.54. The van der Waals surface area contributed by atoms with Gasteiger partial charge in [-0.25, -0.2) is 4.98 Å². The Balaban J connectivity index is 2.09. The molecule has 1 aliphatic heterocycles. The molecule has 1 amide bonds. The van der Waals surface area contributed by atoms with Gasteiger partial charge < -0.3 is 9.47 Å². The average molecular weight is 193 g/mol. The zero-order valence-electron chi connectivity index (χ0n) is 7.93. The van der Waals surface area contributed by atoms with Gasteiger partial charge in [0.15, 0.2) is 5.78 Å². The first-order chi connectivity index (χ1) is 6.66. The molecule has 2 rings (SSSR count).